The first-order valence-electron chi connectivity index (χ1n) is 7.58. The summed E-state index contributed by atoms with van der Waals surface area (Å²) in [5, 5.41) is 0.713. The van der Waals surface area contributed by atoms with Crippen molar-refractivity contribution in [2.24, 2.45) is 0 Å². The normalized spacial score (nSPS) is 19.9. The van der Waals surface area contributed by atoms with E-state index < -0.39 is 0 Å². The number of methoxy groups -OCH3 is 1. The van der Waals surface area contributed by atoms with Crippen molar-refractivity contribution in [3.05, 3.63) is 45.3 Å². The molecule has 2 heterocycles. The van der Waals surface area contributed by atoms with Gasteiger partial charge in [0, 0.05) is 30.3 Å². The highest BCUT2D eigenvalue weighted by Gasteiger charge is 2.32. The average Bonchev–Trinajstić information content (AvgIpc) is 3.01. The SMILES string of the molecule is COC(=O)C(Cc1ccccc1Cl)N1CCC2=C(CCS2)C1. The smallest absolute Gasteiger partial charge is 0.323 e. The van der Waals surface area contributed by atoms with Gasteiger partial charge in [0.25, 0.3) is 0 Å². The van der Waals surface area contributed by atoms with Crippen LogP contribution >= 0.6 is 23.4 Å². The van der Waals surface area contributed by atoms with Gasteiger partial charge in [0.1, 0.15) is 6.04 Å². The Balaban J connectivity index is 1.79. The predicted octanol–water partition coefficient (Wildman–Crippen LogP) is 3.52. The molecule has 1 unspecified atom stereocenters. The summed E-state index contributed by atoms with van der Waals surface area (Å²) >= 11 is 8.24. The third-order valence-electron chi connectivity index (χ3n) is 4.38. The zero-order valence-corrected chi connectivity index (χ0v) is 14.3. The summed E-state index contributed by atoms with van der Waals surface area (Å²) in [5.74, 6) is 1.01. The fraction of sp³-hybridized carbons (Fsp3) is 0.471. The molecule has 0 saturated carbocycles. The van der Waals surface area contributed by atoms with Crippen molar-refractivity contribution >= 4 is 29.3 Å². The Bertz CT molecular complexity index is 602. The Morgan fingerprint density at radius 1 is 1.41 bits per heavy atom. The average molecular weight is 338 g/mol. The van der Waals surface area contributed by atoms with Crippen LogP contribution in [-0.4, -0.2) is 42.9 Å². The molecule has 0 saturated heterocycles. The van der Waals surface area contributed by atoms with Gasteiger partial charge in [-0.3, -0.25) is 9.69 Å². The molecular formula is C17H20ClNO2S. The molecule has 0 fully saturated rings. The predicted molar refractivity (Wildman–Crippen MR) is 91.3 cm³/mol. The summed E-state index contributed by atoms with van der Waals surface area (Å²) < 4.78 is 5.04. The lowest BCUT2D eigenvalue weighted by molar-refractivity contribution is -0.146. The number of ether oxygens (including phenoxy) is 1. The quantitative estimate of drug-likeness (QED) is 0.786. The molecular weight excluding hydrogens is 318 g/mol. The van der Waals surface area contributed by atoms with Crippen molar-refractivity contribution in [3.63, 3.8) is 0 Å². The summed E-state index contributed by atoms with van der Waals surface area (Å²) in [7, 11) is 1.46. The zero-order valence-electron chi connectivity index (χ0n) is 12.7. The van der Waals surface area contributed by atoms with Gasteiger partial charge >= 0.3 is 5.97 Å². The van der Waals surface area contributed by atoms with Gasteiger partial charge in [-0.05, 0) is 34.9 Å². The molecule has 22 heavy (non-hydrogen) atoms. The second-order valence-electron chi connectivity index (χ2n) is 5.68. The molecule has 2 aliphatic heterocycles. The van der Waals surface area contributed by atoms with Gasteiger partial charge in [0.15, 0.2) is 0 Å². The number of benzene rings is 1. The largest absolute Gasteiger partial charge is 0.468 e. The molecule has 3 rings (SSSR count). The van der Waals surface area contributed by atoms with Gasteiger partial charge in [-0.25, -0.2) is 0 Å². The third kappa shape index (κ3) is 3.34. The lowest BCUT2D eigenvalue weighted by Gasteiger charge is -2.33. The van der Waals surface area contributed by atoms with Crippen LogP contribution in [0.3, 0.4) is 0 Å². The molecule has 0 radical (unpaired) electrons. The van der Waals surface area contributed by atoms with Crippen LogP contribution in [-0.2, 0) is 16.0 Å². The minimum Gasteiger partial charge on any atom is -0.468 e. The van der Waals surface area contributed by atoms with Crippen LogP contribution in [0.4, 0.5) is 0 Å². The molecule has 5 heteroatoms. The fourth-order valence-electron chi connectivity index (χ4n) is 3.16. The number of hydrogen-bond acceptors (Lipinski definition) is 4. The minimum atomic E-state index is -0.260. The molecule has 3 nitrogen and oxygen atoms in total. The fourth-order valence-corrected chi connectivity index (χ4v) is 4.57. The molecule has 1 atom stereocenters. The number of esters is 1. The number of nitrogens with zero attached hydrogens (tertiary/aromatic N) is 1. The summed E-state index contributed by atoms with van der Waals surface area (Å²) in [6.45, 7) is 1.79. The maximum absolute atomic E-state index is 12.3. The van der Waals surface area contributed by atoms with Crippen LogP contribution in [0.15, 0.2) is 34.7 Å². The maximum atomic E-state index is 12.3. The van der Waals surface area contributed by atoms with Gasteiger partial charge in [0.05, 0.1) is 7.11 Å². The zero-order chi connectivity index (χ0) is 15.5. The van der Waals surface area contributed by atoms with Gasteiger partial charge in [0.2, 0.25) is 0 Å². The molecule has 1 aromatic rings. The van der Waals surface area contributed by atoms with Crippen molar-refractivity contribution < 1.29 is 9.53 Å². The second-order valence-corrected chi connectivity index (χ2v) is 7.28. The Morgan fingerprint density at radius 3 is 3.00 bits per heavy atom. The van der Waals surface area contributed by atoms with Crippen molar-refractivity contribution in [3.8, 4) is 0 Å². The number of halogens is 1. The summed E-state index contributed by atoms with van der Waals surface area (Å²) in [5.41, 5.74) is 2.50. The van der Waals surface area contributed by atoms with Crippen LogP contribution in [0.5, 0.6) is 0 Å². The van der Waals surface area contributed by atoms with Crippen LogP contribution in [0, 0.1) is 0 Å². The first-order chi connectivity index (χ1) is 10.7. The second kappa shape index (κ2) is 7.07. The third-order valence-corrected chi connectivity index (χ3v) is 6.00. The molecule has 0 aromatic heterocycles. The van der Waals surface area contributed by atoms with Crippen molar-refractivity contribution in [2.45, 2.75) is 25.3 Å². The van der Waals surface area contributed by atoms with Crippen LogP contribution < -0.4 is 0 Å². The molecule has 0 aliphatic carbocycles. The Labute approximate surface area is 140 Å². The number of carbonyl (C=O) groups is 1. The van der Waals surface area contributed by atoms with Gasteiger partial charge < -0.3 is 4.74 Å². The lowest BCUT2D eigenvalue weighted by Crippen LogP contribution is -2.46. The highest BCUT2D eigenvalue weighted by molar-refractivity contribution is 8.03. The standard InChI is InChI=1S/C17H20ClNO2S/c1-21-17(20)15(10-12-4-2-3-5-14(12)18)19-8-6-16-13(11-19)7-9-22-16/h2-5,15H,6-11H2,1H3. The van der Waals surface area contributed by atoms with E-state index >= 15 is 0 Å². The van der Waals surface area contributed by atoms with Crippen LogP contribution in [0.25, 0.3) is 0 Å². The summed E-state index contributed by atoms with van der Waals surface area (Å²) in [6, 6.07) is 7.46. The molecule has 2 aliphatic rings. The minimum absolute atomic E-state index is 0.172. The molecule has 0 bridgehead atoms. The highest BCUT2D eigenvalue weighted by atomic mass is 35.5. The highest BCUT2D eigenvalue weighted by Crippen LogP contribution is 2.37. The molecule has 0 spiro atoms. The number of carbonyl (C=O) groups excluding carboxylic acids is 1. The molecule has 0 amide bonds. The van der Waals surface area contributed by atoms with E-state index in [0.29, 0.717) is 11.4 Å². The molecule has 1 aromatic carbocycles. The van der Waals surface area contributed by atoms with Gasteiger partial charge in [-0.2, -0.15) is 0 Å². The summed E-state index contributed by atoms with van der Waals surface area (Å²) in [6.07, 6.45) is 2.80. The Hall–Kier alpha value is -0.970. The van der Waals surface area contributed by atoms with E-state index in [2.05, 4.69) is 4.90 Å². The van der Waals surface area contributed by atoms with E-state index in [1.54, 1.807) is 0 Å². The lowest BCUT2D eigenvalue weighted by atomic mass is 10.0. The van der Waals surface area contributed by atoms with E-state index in [0.717, 1.165) is 31.5 Å². The maximum Gasteiger partial charge on any atom is 0.323 e. The van der Waals surface area contributed by atoms with Crippen molar-refractivity contribution in [2.75, 3.05) is 26.0 Å². The van der Waals surface area contributed by atoms with Crippen molar-refractivity contribution in [1.82, 2.24) is 4.90 Å². The Morgan fingerprint density at radius 2 is 2.23 bits per heavy atom. The van der Waals surface area contributed by atoms with Gasteiger partial charge in [-0.15, -0.1) is 11.8 Å². The van der Waals surface area contributed by atoms with E-state index in [4.69, 9.17) is 16.3 Å². The topological polar surface area (TPSA) is 29.5 Å². The monoisotopic (exact) mass is 337 g/mol. The number of thioether (sulfide) groups is 1. The summed E-state index contributed by atoms with van der Waals surface area (Å²) in [4.78, 5) is 16.1. The molecule has 0 N–H and O–H groups in total. The van der Waals surface area contributed by atoms with E-state index in [1.165, 1.54) is 23.3 Å². The van der Waals surface area contributed by atoms with Crippen LogP contribution in [0.2, 0.25) is 5.02 Å². The Kier molecular flexibility index (Phi) is 5.11. The van der Waals surface area contributed by atoms with Gasteiger partial charge in [-0.1, -0.05) is 29.8 Å². The van der Waals surface area contributed by atoms with E-state index in [1.807, 2.05) is 36.0 Å². The van der Waals surface area contributed by atoms with E-state index in [-0.39, 0.29) is 12.0 Å². The first kappa shape index (κ1) is 15.9. The number of rotatable bonds is 4. The van der Waals surface area contributed by atoms with Crippen LogP contribution in [0.1, 0.15) is 18.4 Å². The molecule has 118 valence electrons. The van der Waals surface area contributed by atoms with Crippen molar-refractivity contribution in [1.29, 1.82) is 0 Å². The van der Waals surface area contributed by atoms with E-state index in [9.17, 15) is 4.79 Å². The number of hydrogen-bond donors (Lipinski definition) is 0. The first-order valence-corrected chi connectivity index (χ1v) is 8.94.